The van der Waals surface area contributed by atoms with Gasteiger partial charge in [-0.15, -0.1) is 0 Å². The second-order valence-corrected chi connectivity index (χ2v) is 8.95. The number of carbonyl (C=O) groups is 2. The minimum atomic E-state index is -1.10. The van der Waals surface area contributed by atoms with Gasteiger partial charge in [-0.25, -0.2) is 4.39 Å². The van der Waals surface area contributed by atoms with E-state index >= 15 is 0 Å². The normalized spacial score (nSPS) is 17.3. The number of aryl methyl sites for hydroxylation is 1. The second kappa shape index (κ2) is 10.1. The molecule has 2 heterocycles. The first-order valence-electron chi connectivity index (χ1n) is 11.4. The molecule has 1 aromatic heterocycles. The summed E-state index contributed by atoms with van der Waals surface area (Å²) in [4.78, 5) is 31.7. The number of hydrogen-bond acceptors (Lipinski definition) is 5. The van der Waals surface area contributed by atoms with Gasteiger partial charge in [-0.1, -0.05) is 38.1 Å². The zero-order chi connectivity index (χ0) is 25.1. The van der Waals surface area contributed by atoms with Crippen molar-refractivity contribution >= 4 is 17.4 Å². The summed E-state index contributed by atoms with van der Waals surface area (Å²) in [6, 6.07) is 15.1. The molecule has 4 rings (SSSR count). The first-order valence-corrected chi connectivity index (χ1v) is 11.4. The highest BCUT2D eigenvalue weighted by Crippen LogP contribution is 2.41. The fraction of sp³-hybridized carbons (Fsp3) is 0.250. The highest BCUT2D eigenvalue weighted by atomic mass is 19.1. The van der Waals surface area contributed by atoms with Crippen LogP contribution >= 0.6 is 0 Å². The SMILES string of the molecule is Cc1cc(/C(O)=C2\C(=O)C(=O)N(Cc3ccccn3)C2c2ccccc2F)ccc1OCC(C)C. The number of Topliss-reactive ketones (excluding diaryl/α,β-unsaturated/α-hetero) is 1. The fourth-order valence-electron chi connectivity index (χ4n) is 4.10. The van der Waals surface area contributed by atoms with Crippen molar-refractivity contribution in [3.8, 4) is 5.75 Å². The number of amides is 1. The number of aliphatic hydroxyl groups is 1. The molecule has 180 valence electrons. The van der Waals surface area contributed by atoms with Crippen molar-refractivity contribution in [2.24, 2.45) is 5.92 Å². The van der Waals surface area contributed by atoms with Crippen molar-refractivity contribution in [1.82, 2.24) is 9.88 Å². The molecule has 0 saturated carbocycles. The molecule has 2 aromatic carbocycles. The number of benzene rings is 2. The number of aliphatic hydroxyl groups excluding tert-OH is 1. The molecule has 1 N–H and O–H groups in total. The highest BCUT2D eigenvalue weighted by Gasteiger charge is 2.47. The number of carbonyl (C=O) groups excluding carboxylic acids is 2. The van der Waals surface area contributed by atoms with E-state index in [4.69, 9.17) is 4.74 Å². The van der Waals surface area contributed by atoms with Crippen molar-refractivity contribution in [2.45, 2.75) is 33.4 Å². The number of pyridine rings is 1. The average Bonchev–Trinajstić information content (AvgIpc) is 3.08. The Labute approximate surface area is 203 Å². The van der Waals surface area contributed by atoms with E-state index < -0.39 is 23.5 Å². The van der Waals surface area contributed by atoms with Gasteiger partial charge in [-0.3, -0.25) is 14.6 Å². The number of likely N-dealkylation sites (tertiary alicyclic amines) is 1. The lowest BCUT2D eigenvalue weighted by Crippen LogP contribution is -2.30. The van der Waals surface area contributed by atoms with Gasteiger partial charge in [0.15, 0.2) is 0 Å². The van der Waals surface area contributed by atoms with Crippen molar-refractivity contribution in [1.29, 1.82) is 0 Å². The predicted octanol–water partition coefficient (Wildman–Crippen LogP) is 5.19. The molecule has 0 radical (unpaired) electrons. The Kier molecular flexibility index (Phi) is 6.96. The van der Waals surface area contributed by atoms with Crippen LogP contribution in [-0.4, -0.2) is 33.3 Å². The highest BCUT2D eigenvalue weighted by molar-refractivity contribution is 6.46. The second-order valence-electron chi connectivity index (χ2n) is 8.95. The summed E-state index contributed by atoms with van der Waals surface area (Å²) in [5.74, 6) is -1.62. The topological polar surface area (TPSA) is 79.7 Å². The molecule has 0 spiro atoms. The number of hydrogen-bond donors (Lipinski definition) is 1. The van der Waals surface area contributed by atoms with Crippen LogP contribution in [0.4, 0.5) is 4.39 Å². The van der Waals surface area contributed by atoms with E-state index in [-0.39, 0.29) is 23.4 Å². The molecule has 6 nitrogen and oxygen atoms in total. The number of aromatic nitrogens is 1. The zero-order valence-electron chi connectivity index (χ0n) is 19.9. The van der Waals surface area contributed by atoms with Crippen LogP contribution in [0.15, 0.2) is 72.4 Å². The average molecular weight is 475 g/mol. The van der Waals surface area contributed by atoms with Crippen LogP contribution in [0.25, 0.3) is 5.76 Å². The van der Waals surface area contributed by atoms with Crippen LogP contribution in [0.1, 0.15) is 42.3 Å². The van der Waals surface area contributed by atoms with E-state index in [0.717, 1.165) is 5.56 Å². The van der Waals surface area contributed by atoms with Gasteiger partial charge in [0.25, 0.3) is 11.7 Å². The van der Waals surface area contributed by atoms with Crippen LogP contribution in [-0.2, 0) is 16.1 Å². The molecule has 1 fully saturated rings. The summed E-state index contributed by atoms with van der Waals surface area (Å²) in [7, 11) is 0. The van der Waals surface area contributed by atoms with Crippen molar-refractivity contribution in [3.05, 3.63) is 101 Å². The molecule has 3 aromatic rings. The molecule has 1 saturated heterocycles. The Hall–Kier alpha value is -4.00. The lowest BCUT2D eigenvalue weighted by atomic mass is 9.94. The van der Waals surface area contributed by atoms with Gasteiger partial charge in [0.05, 0.1) is 30.5 Å². The van der Waals surface area contributed by atoms with E-state index in [9.17, 15) is 19.1 Å². The molecule has 1 aliphatic rings. The fourth-order valence-corrected chi connectivity index (χ4v) is 4.10. The number of ketones is 1. The quantitative estimate of drug-likeness (QED) is 0.290. The first-order chi connectivity index (χ1) is 16.8. The van der Waals surface area contributed by atoms with Gasteiger partial charge in [-0.05, 0) is 54.8 Å². The molecule has 1 aliphatic heterocycles. The van der Waals surface area contributed by atoms with Crippen LogP contribution in [0, 0.1) is 18.7 Å². The molecule has 1 amide bonds. The monoisotopic (exact) mass is 474 g/mol. The summed E-state index contributed by atoms with van der Waals surface area (Å²) in [5, 5.41) is 11.2. The van der Waals surface area contributed by atoms with Crippen molar-refractivity contribution < 1.29 is 23.8 Å². The van der Waals surface area contributed by atoms with Crippen molar-refractivity contribution in [2.75, 3.05) is 6.61 Å². The summed E-state index contributed by atoms with van der Waals surface area (Å²) < 4.78 is 20.7. The maximum atomic E-state index is 14.9. The maximum Gasteiger partial charge on any atom is 0.296 e. The molecular formula is C28H27FN2O4. The van der Waals surface area contributed by atoms with Gasteiger partial charge in [0, 0.05) is 17.3 Å². The van der Waals surface area contributed by atoms with Gasteiger partial charge in [-0.2, -0.15) is 0 Å². The third-order valence-electron chi connectivity index (χ3n) is 5.82. The van der Waals surface area contributed by atoms with Gasteiger partial charge in [0.1, 0.15) is 17.3 Å². The summed E-state index contributed by atoms with van der Waals surface area (Å²) in [6.07, 6.45) is 1.58. The van der Waals surface area contributed by atoms with E-state index in [1.54, 1.807) is 48.7 Å². The number of nitrogens with zero attached hydrogens (tertiary/aromatic N) is 2. The van der Waals surface area contributed by atoms with E-state index in [1.807, 2.05) is 20.8 Å². The third-order valence-corrected chi connectivity index (χ3v) is 5.82. The maximum absolute atomic E-state index is 14.9. The smallest absolute Gasteiger partial charge is 0.296 e. The largest absolute Gasteiger partial charge is 0.507 e. The molecular weight excluding hydrogens is 447 g/mol. The number of halogens is 1. The van der Waals surface area contributed by atoms with Gasteiger partial charge < -0.3 is 14.7 Å². The molecule has 1 unspecified atom stereocenters. The Morgan fingerprint density at radius 1 is 1.11 bits per heavy atom. The Bertz CT molecular complexity index is 1290. The number of rotatable bonds is 7. The predicted molar refractivity (Wildman–Crippen MR) is 130 cm³/mol. The Balaban J connectivity index is 1.81. The van der Waals surface area contributed by atoms with Gasteiger partial charge in [0.2, 0.25) is 0 Å². The molecule has 0 bridgehead atoms. The summed E-state index contributed by atoms with van der Waals surface area (Å²) in [6.45, 7) is 6.45. The molecule has 1 atom stereocenters. The molecule has 7 heteroatoms. The van der Waals surface area contributed by atoms with Crippen LogP contribution < -0.4 is 4.74 Å². The van der Waals surface area contributed by atoms with Crippen molar-refractivity contribution in [3.63, 3.8) is 0 Å². The van der Waals surface area contributed by atoms with E-state index in [1.165, 1.54) is 23.1 Å². The zero-order valence-corrected chi connectivity index (χ0v) is 19.9. The van der Waals surface area contributed by atoms with E-state index in [2.05, 4.69) is 4.98 Å². The van der Waals surface area contributed by atoms with Gasteiger partial charge >= 0.3 is 0 Å². The lowest BCUT2D eigenvalue weighted by molar-refractivity contribution is -0.140. The summed E-state index contributed by atoms with van der Waals surface area (Å²) in [5.41, 5.74) is 1.61. The molecule has 0 aliphatic carbocycles. The minimum absolute atomic E-state index is 0.0117. The summed E-state index contributed by atoms with van der Waals surface area (Å²) >= 11 is 0. The van der Waals surface area contributed by atoms with E-state index in [0.29, 0.717) is 29.5 Å². The number of ether oxygens (including phenoxy) is 1. The minimum Gasteiger partial charge on any atom is -0.507 e. The van der Waals surface area contributed by atoms with Crippen LogP contribution in [0.5, 0.6) is 5.75 Å². The van der Waals surface area contributed by atoms with Crippen LogP contribution in [0.2, 0.25) is 0 Å². The van der Waals surface area contributed by atoms with Crippen LogP contribution in [0.3, 0.4) is 0 Å². The third kappa shape index (κ3) is 4.94. The Morgan fingerprint density at radius 3 is 2.51 bits per heavy atom. The Morgan fingerprint density at radius 2 is 1.86 bits per heavy atom. The standard InChI is InChI=1S/C28H27FN2O4/c1-17(2)16-35-23-12-11-19(14-18(23)3)26(32)24-25(21-9-4-5-10-22(21)29)31(28(34)27(24)33)15-20-8-6-7-13-30-20/h4-14,17,25,32H,15-16H2,1-3H3/b26-24+. The lowest BCUT2D eigenvalue weighted by Gasteiger charge is -2.25. The molecule has 35 heavy (non-hydrogen) atoms. The first kappa shape index (κ1) is 24.1.